The highest BCUT2D eigenvalue weighted by Crippen LogP contribution is 2.51. The average molecular weight is 1240 g/mol. The van der Waals surface area contributed by atoms with E-state index < -0.39 is 0 Å². The van der Waals surface area contributed by atoms with E-state index >= 15 is 0 Å². The quantitative estimate of drug-likeness (QED) is 0.157. The van der Waals surface area contributed by atoms with Gasteiger partial charge in [0.05, 0.1) is 83.1 Å². The van der Waals surface area contributed by atoms with Crippen molar-refractivity contribution in [3.05, 3.63) is 303 Å². The SMILES string of the molecule is c1ccc2c(c1)c1ccccc1n2-c1ccc2c(c1)c1cc(-n3c4ccccc4c4ccccc43)cc3c1n2-c1c2c(c4c5ccccc5n5c6ccccc6c1c45)-n1c4ccc(-n5c6ccccc6c6ccccc65)cc4c4cc(-n5c6ccccc6c6ccccc65)cc(c41)B23. The molecule has 0 N–H and O–H groups in total. The Balaban J connectivity index is 0.913. The number of rotatable bonds is 4. The molecule has 8 aromatic heterocycles. The monoisotopic (exact) mass is 1240 g/mol. The van der Waals surface area contributed by atoms with Gasteiger partial charge in [-0.3, -0.25) is 0 Å². The molecule has 0 aliphatic carbocycles. The van der Waals surface area contributed by atoms with Crippen LogP contribution in [0.5, 0.6) is 0 Å². The van der Waals surface area contributed by atoms with Gasteiger partial charge >= 0.3 is 0 Å². The zero-order valence-corrected chi connectivity index (χ0v) is 52.6. The van der Waals surface area contributed by atoms with Crippen LogP contribution in [-0.2, 0) is 0 Å². The van der Waals surface area contributed by atoms with Gasteiger partial charge in [0, 0.05) is 120 Å². The number of para-hydroxylation sites is 10. The van der Waals surface area contributed by atoms with Crippen LogP contribution in [-0.4, -0.2) is 38.5 Å². The van der Waals surface area contributed by atoms with Crippen molar-refractivity contribution in [1.29, 1.82) is 0 Å². The average Bonchev–Trinajstić information content (AvgIpc) is 1.45. The molecule has 0 amide bonds. The van der Waals surface area contributed by atoms with Gasteiger partial charge in [-0.15, -0.1) is 0 Å². The van der Waals surface area contributed by atoms with Crippen LogP contribution in [0.1, 0.15) is 0 Å². The lowest BCUT2D eigenvalue weighted by Gasteiger charge is -2.35. The molecule has 0 spiro atoms. The van der Waals surface area contributed by atoms with Gasteiger partial charge in [-0.25, -0.2) is 0 Å². The van der Waals surface area contributed by atoms with Gasteiger partial charge in [0.1, 0.15) is 0 Å². The summed E-state index contributed by atoms with van der Waals surface area (Å²) in [6, 6.07) is 115. The summed E-state index contributed by atoms with van der Waals surface area (Å²) in [6.07, 6.45) is 0. The van der Waals surface area contributed by atoms with E-state index in [1.807, 2.05) is 0 Å². The Hall–Kier alpha value is -13.0. The zero-order chi connectivity index (χ0) is 63.1. The van der Waals surface area contributed by atoms with Gasteiger partial charge in [0.2, 0.25) is 0 Å². The summed E-state index contributed by atoms with van der Waals surface area (Å²) >= 11 is 0. The van der Waals surface area contributed by atoms with E-state index in [0.29, 0.717) is 0 Å². The zero-order valence-electron chi connectivity index (χ0n) is 52.6. The first kappa shape index (κ1) is 50.5. The van der Waals surface area contributed by atoms with Gasteiger partial charge < -0.3 is 31.8 Å². The molecule has 23 aromatic rings. The smallest absolute Gasteiger partial charge is 0.252 e. The molecule has 0 atom stereocenters. The van der Waals surface area contributed by atoms with Crippen LogP contribution in [0.4, 0.5) is 0 Å². The van der Waals surface area contributed by atoms with E-state index in [1.165, 1.54) is 197 Å². The van der Waals surface area contributed by atoms with Crippen LogP contribution in [0.15, 0.2) is 303 Å². The Bertz CT molecular complexity index is 6980. The molecule has 0 saturated heterocycles. The molecule has 0 unspecified atom stereocenters. The summed E-state index contributed by atoms with van der Waals surface area (Å²) < 4.78 is 18.2. The maximum absolute atomic E-state index is 2.74. The van der Waals surface area contributed by atoms with Gasteiger partial charge in [0.15, 0.2) is 0 Å². The van der Waals surface area contributed by atoms with Crippen LogP contribution >= 0.6 is 0 Å². The molecule has 2 aliphatic rings. The molecule has 0 saturated carbocycles. The molecule has 15 aromatic carbocycles. The van der Waals surface area contributed by atoms with Gasteiger partial charge in [-0.1, -0.05) is 182 Å². The standard InChI is InChI=1S/C90H50BN7/c1-11-31-71-55(21-1)56-22-2-12-32-72(56)92(71)51-41-43-81-65(45-51)67-47-53(94-75-35-15-5-25-59(75)60-26-6-16-36-76(60)94)49-69-86(67)97(81)89-83-63-29-9-19-39-79(63)96-80-40-20-10-30-64(80)84(88(83)96)90-85(89)91(69)70-50-54(95-77-37-17-7-27-61(77)62-28-8-18-38-78(62)95)48-68-66-46-52(42-44-82(66)98(90)87(68)70)93-73-33-13-3-23-57(73)58-24-4-14-34-74(58)93/h1-50H. The Kier molecular flexibility index (Phi) is 9.09. The second kappa shape index (κ2) is 17.6. The van der Waals surface area contributed by atoms with Crippen LogP contribution in [0.2, 0.25) is 0 Å². The molecular weight excluding hydrogens is 1190 g/mol. The summed E-state index contributed by atoms with van der Waals surface area (Å²) in [7, 11) is 0. The second-order valence-corrected chi connectivity index (χ2v) is 27.4. The molecule has 0 fully saturated rings. The molecule has 0 bridgehead atoms. The predicted molar refractivity (Wildman–Crippen MR) is 412 cm³/mol. The van der Waals surface area contributed by atoms with Crippen molar-refractivity contribution in [2.75, 3.05) is 0 Å². The fourth-order valence-corrected chi connectivity index (χ4v) is 19.4. The fraction of sp³-hybridized carbons (Fsp3) is 0. The van der Waals surface area contributed by atoms with Crippen molar-refractivity contribution in [1.82, 2.24) is 31.8 Å². The third-order valence-electron chi connectivity index (χ3n) is 22.9. The molecule has 25 rings (SSSR count). The third-order valence-corrected chi connectivity index (χ3v) is 22.9. The number of benzene rings is 15. The molecule has 0 radical (unpaired) electrons. The van der Waals surface area contributed by atoms with Crippen molar-refractivity contribution < 1.29 is 0 Å². The topological polar surface area (TPSA) is 34.0 Å². The summed E-state index contributed by atoms with van der Waals surface area (Å²) in [5.74, 6) is 0. The van der Waals surface area contributed by atoms with E-state index in [-0.39, 0.29) is 6.71 Å². The Morgan fingerprint density at radius 3 is 0.755 bits per heavy atom. The van der Waals surface area contributed by atoms with Crippen molar-refractivity contribution in [2.24, 2.45) is 0 Å². The normalized spacial score (nSPS) is 13.1. The molecule has 98 heavy (non-hydrogen) atoms. The highest BCUT2D eigenvalue weighted by Gasteiger charge is 2.45. The highest BCUT2D eigenvalue weighted by molar-refractivity contribution is 7.01. The van der Waals surface area contributed by atoms with E-state index in [1.54, 1.807) is 0 Å². The lowest BCUT2D eigenvalue weighted by atomic mass is 9.34. The summed E-state index contributed by atoms with van der Waals surface area (Å²) in [5, 5.41) is 19.9. The maximum Gasteiger partial charge on any atom is 0.252 e. The number of fused-ring (bicyclic) bond motifs is 30. The minimum Gasteiger partial charge on any atom is -0.309 e. The first-order valence-electron chi connectivity index (χ1n) is 34.1. The van der Waals surface area contributed by atoms with Gasteiger partial charge in [-0.05, 0) is 138 Å². The molecule has 448 valence electrons. The van der Waals surface area contributed by atoms with E-state index in [9.17, 15) is 0 Å². The Labute approximate surface area is 557 Å². The van der Waals surface area contributed by atoms with Crippen molar-refractivity contribution in [3.8, 4) is 34.1 Å². The third kappa shape index (κ3) is 5.92. The minimum absolute atomic E-state index is 0.260. The summed E-state index contributed by atoms with van der Waals surface area (Å²) in [6.45, 7) is -0.260. The predicted octanol–water partition coefficient (Wildman–Crippen LogP) is 20.6. The highest BCUT2D eigenvalue weighted by atomic mass is 15.1. The number of aromatic nitrogens is 7. The van der Waals surface area contributed by atoms with Crippen LogP contribution in [0.3, 0.4) is 0 Å². The van der Waals surface area contributed by atoms with E-state index in [2.05, 4.69) is 335 Å². The van der Waals surface area contributed by atoms with Crippen molar-refractivity contribution >= 4 is 192 Å². The fourth-order valence-electron chi connectivity index (χ4n) is 19.4. The van der Waals surface area contributed by atoms with E-state index in [0.717, 1.165) is 22.7 Å². The molecule has 8 heteroatoms. The molecular formula is C90H50BN7. The van der Waals surface area contributed by atoms with Crippen molar-refractivity contribution in [2.45, 2.75) is 0 Å². The number of hydrogen-bond donors (Lipinski definition) is 0. The Morgan fingerprint density at radius 2 is 0.439 bits per heavy atom. The van der Waals surface area contributed by atoms with Crippen molar-refractivity contribution in [3.63, 3.8) is 0 Å². The minimum atomic E-state index is -0.260. The van der Waals surface area contributed by atoms with Gasteiger partial charge in [0.25, 0.3) is 6.71 Å². The lowest BCUT2D eigenvalue weighted by molar-refractivity contribution is 1.15. The first-order chi connectivity index (χ1) is 48.7. The second-order valence-electron chi connectivity index (χ2n) is 27.4. The lowest BCUT2D eigenvalue weighted by Crippen LogP contribution is -2.59. The molecule has 7 nitrogen and oxygen atoms in total. The Morgan fingerprint density at radius 1 is 0.184 bits per heavy atom. The summed E-state index contributed by atoms with van der Waals surface area (Å²) in [4.78, 5) is 0. The van der Waals surface area contributed by atoms with Gasteiger partial charge in [-0.2, -0.15) is 0 Å². The van der Waals surface area contributed by atoms with E-state index in [4.69, 9.17) is 0 Å². The number of nitrogens with zero attached hydrogens (tertiary/aromatic N) is 7. The van der Waals surface area contributed by atoms with Crippen LogP contribution in [0, 0.1) is 0 Å². The first-order valence-corrected chi connectivity index (χ1v) is 34.1. The molecule has 2 aliphatic heterocycles. The van der Waals surface area contributed by atoms with Crippen LogP contribution < -0.4 is 16.4 Å². The number of hydrogen-bond acceptors (Lipinski definition) is 0. The van der Waals surface area contributed by atoms with Crippen LogP contribution in [0.25, 0.3) is 203 Å². The summed E-state index contributed by atoms with van der Waals surface area (Å²) in [5.41, 5.74) is 28.9. The largest absolute Gasteiger partial charge is 0.309 e. The maximum atomic E-state index is 2.74. The molecule has 10 heterocycles.